The second kappa shape index (κ2) is 49.2. The number of aryl methyl sites for hydroxylation is 16. The highest BCUT2D eigenvalue weighted by atomic mass is 19.5. The van der Waals surface area contributed by atoms with Crippen LogP contribution in [0.25, 0.3) is 22.3 Å². The number of hydrogen-bond donors (Lipinski definition) is 0. The van der Waals surface area contributed by atoms with Crippen LogP contribution in [0.1, 0.15) is 73.2 Å². The number of aromatic nitrogens is 24. The van der Waals surface area contributed by atoms with Gasteiger partial charge in [0.1, 0.15) is 113 Å². The molecule has 0 amide bonds. The van der Waals surface area contributed by atoms with Gasteiger partial charge in [-0.15, -0.1) is 74.9 Å². The zero-order valence-electron chi connectivity index (χ0n) is 61.9. The van der Waals surface area contributed by atoms with Crippen LogP contribution in [0.15, 0.2) is 49.6 Å². The smallest absolute Gasteiger partial charge is 0.418 e. The van der Waals surface area contributed by atoms with Crippen molar-refractivity contribution in [3.05, 3.63) is 95.1 Å². The van der Waals surface area contributed by atoms with Crippen LogP contribution in [0.2, 0.25) is 0 Å². The normalized spacial score (nSPS) is 10.6. The van der Waals surface area contributed by atoms with Gasteiger partial charge in [0.15, 0.2) is 49.6 Å². The van der Waals surface area contributed by atoms with E-state index in [0.717, 1.165) is 67.8 Å². The maximum Gasteiger partial charge on any atom is 0.673 e. The zero-order valence-corrected chi connectivity index (χ0v) is 61.9. The maximum absolute atomic E-state index is 9.75. The third-order valence-corrected chi connectivity index (χ3v) is 10.0. The fourth-order valence-corrected chi connectivity index (χ4v) is 7.73. The predicted molar refractivity (Wildman–Crippen MR) is 332 cm³/mol. The first kappa shape index (κ1) is 112. The fourth-order valence-electron chi connectivity index (χ4n) is 7.73. The molecule has 112 heavy (non-hydrogen) atoms. The Kier molecular flexibility index (Phi) is 49.1. The lowest BCUT2D eigenvalue weighted by atomic mass is 9.97. The van der Waals surface area contributed by atoms with Crippen molar-refractivity contribution in [2.24, 2.45) is 113 Å². The number of nitrogens with zero attached hydrogens (tertiary/aromatic N) is 28. The van der Waals surface area contributed by atoms with Gasteiger partial charge in [-0.25, -0.2) is 0 Å². The lowest BCUT2D eigenvalue weighted by molar-refractivity contribution is -0.732. The molecule has 0 spiro atoms. The predicted octanol–water partition coefficient (Wildman–Crippen LogP) is 6.37. The van der Waals surface area contributed by atoms with Gasteiger partial charge in [-0.05, 0) is 0 Å². The zero-order chi connectivity index (χ0) is 90.3. The van der Waals surface area contributed by atoms with Crippen LogP contribution >= 0.6 is 0 Å². The molecule has 8 heterocycles. The van der Waals surface area contributed by atoms with Gasteiger partial charge in [-0.1, -0.05) is 0 Å². The molecule has 68 heteroatoms. The monoisotopic (exact) mass is 1680 g/mol. The van der Waals surface area contributed by atoms with Gasteiger partial charge in [0.05, 0.1) is 88.3 Å². The molecule has 0 saturated heterocycles. The average molecular weight is 1680 g/mol. The highest BCUT2D eigenvalue weighted by Gasteiger charge is 2.39. The van der Waals surface area contributed by atoms with E-state index in [1.165, 1.54) is 27.7 Å². The van der Waals surface area contributed by atoms with Gasteiger partial charge in [0.25, 0.3) is 0 Å². The summed E-state index contributed by atoms with van der Waals surface area (Å²) >= 11 is 0. The van der Waals surface area contributed by atoms with E-state index in [-0.39, 0.29) is 0 Å². The van der Waals surface area contributed by atoms with E-state index >= 15 is 0 Å². The molecule has 8 aromatic heterocycles. The van der Waals surface area contributed by atoms with Crippen molar-refractivity contribution in [3.8, 4) is 24.3 Å². The van der Waals surface area contributed by atoms with Crippen molar-refractivity contribution >= 4 is 80.3 Å². The summed E-state index contributed by atoms with van der Waals surface area (Å²) in [6.45, 7) is 5.72. The van der Waals surface area contributed by atoms with Gasteiger partial charge in [0, 0.05) is 27.7 Å². The Labute approximate surface area is 614 Å². The van der Waals surface area contributed by atoms with Gasteiger partial charge in [0.2, 0.25) is 45.6 Å². The Morgan fingerprint density at radius 3 is 0.304 bits per heavy atom. The summed E-state index contributed by atoms with van der Waals surface area (Å²) in [5.74, 6) is 0. The topological polar surface area (TPSA) is 269 Å². The maximum atomic E-state index is 9.75. The first-order chi connectivity index (χ1) is 50.0. The highest BCUT2D eigenvalue weighted by Crippen LogP contribution is 2.36. The molecular formula is C44H68B8F32N28. The second-order valence-corrected chi connectivity index (χ2v) is 20.0. The molecule has 28 nitrogen and oxygen atoms in total. The molecule has 0 saturated carbocycles. The van der Waals surface area contributed by atoms with Gasteiger partial charge < -0.3 is 138 Å². The minimum Gasteiger partial charge on any atom is -0.418 e. The van der Waals surface area contributed by atoms with Gasteiger partial charge in [-0.2, -0.15) is 21.0 Å². The number of rotatable bonds is 8. The van der Waals surface area contributed by atoms with Crippen molar-refractivity contribution in [1.82, 2.24) is 79.2 Å². The van der Waals surface area contributed by atoms with Crippen molar-refractivity contribution < 1.29 is 176 Å². The summed E-state index contributed by atoms with van der Waals surface area (Å²) in [7, 11) is -17.2. The summed E-state index contributed by atoms with van der Waals surface area (Å²) in [6, 6.07) is 7.00. The third kappa shape index (κ3) is 60.7. The van der Waals surface area contributed by atoms with E-state index < -0.39 is 58.0 Å². The summed E-state index contributed by atoms with van der Waals surface area (Å²) < 4.78 is 341. The van der Waals surface area contributed by atoms with Crippen LogP contribution in [-0.4, -0.2) is 137 Å². The summed E-state index contributed by atoms with van der Waals surface area (Å²) in [5.41, 5.74) is 11.5. The summed E-state index contributed by atoms with van der Waals surface area (Å²) in [5, 5.41) is 65.5. The number of hydrogen-bond acceptors (Lipinski definition) is 12. The van der Waals surface area contributed by atoms with Crippen LogP contribution in [0, 0.1) is 45.3 Å². The molecule has 0 atom stereocenters. The first-order valence-electron chi connectivity index (χ1n) is 28.9. The largest absolute Gasteiger partial charge is 0.673 e. The van der Waals surface area contributed by atoms with Crippen molar-refractivity contribution in [2.75, 3.05) is 0 Å². The van der Waals surface area contributed by atoms with Crippen LogP contribution in [0.5, 0.6) is 0 Å². The van der Waals surface area contributed by atoms with Crippen LogP contribution in [-0.2, 0) is 113 Å². The van der Waals surface area contributed by atoms with Crippen LogP contribution in [0.3, 0.4) is 0 Å². The van der Waals surface area contributed by atoms with Crippen molar-refractivity contribution in [1.29, 1.82) is 21.0 Å². The van der Waals surface area contributed by atoms with Crippen LogP contribution in [0.4, 0.5) is 138 Å². The fraction of sp³-hybridized carbons (Fsp3) is 0.455. The Balaban J connectivity index is -0.000000312. The lowest BCUT2D eigenvalue weighted by Gasteiger charge is -2.06. The molecule has 0 radical (unpaired) electrons. The Hall–Kier alpha value is -11.2. The van der Waals surface area contributed by atoms with E-state index in [1.54, 1.807) is 61.7 Å². The van der Waals surface area contributed by atoms with Crippen molar-refractivity contribution in [2.45, 2.75) is 27.7 Å². The van der Waals surface area contributed by atoms with E-state index in [4.69, 9.17) is 21.0 Å². The second-order valence-electron chi connectivity index (χ2n) is 20.0. The minimum absolute atomic E-state index is 0.948. The molecule has 0 unspecified atom stereocenters. The molecule has 0 aliphatic heterocycles. The molecule has 0 aromatic carbocycles. The highest BCUT2D eigenvalue weighted by molar-refractivity contribution is 6.52. The molecule has 0 fully saturated rings. The average Bonchev–Trinajstić information content (AvgIpc) is 1.60. The lowest BCUT2D eigenvalue weighted by Crippen LogP contribution is -2.29. The molecule has 0 aliphatic carbocycles. The van der Waals surface area contributed by atoms with Crippen molar-refractivity contribution in [3.63, 3.8) is 0 Å². The van der Waals surface area contributed by atoms with Gasteiger partial charge in [-0.3, -0.25) is 0 Å². The summed E-state index contributed by atoms with van der Waals surface area (Å²) in [6.07, 6.45) is 16.1. The number of halogens is 32. The molecular weight excluding hydrogens is 1620 g/mol. The van der Waals surface area contributed by atoms with E-state index in [2.05, 4.69) is 41.7 Å². The molecule has 8 rings (SSSR count). The molecule has 8 aromatic rings. The van der Waals surface area contributed by atoms with Gasteiger partial charge >= 0.3 is 58.0 Å². The number of nitriles is 4. The van der Waals surface area contributed by atoms with Crippen LogP contribution < -0.4 is 37.5 Å². The SMILES string of the molecule is CC#N.CC#N.CC#N.CC#N.Cn1n[n+](C)cc1C(=C(c1c[n+](C)nn1C)c1c[n+](C)nn1C)c1c[n+](C)nn1C.Cn1n[n+](C)cc1C(=C(c1c[n+](C)nn1C)c1c[n+](C)nn1C)c1c[n+](C)nn1C.F[B-](F)(F)F.F[B-](F)(F)F.F[B-](F)(F)F.F[B-](F)(F)F.F[B-](F)(F)F.F[B-](F)(F)F.F[B-](F)(F)F.F[B-](F)(F)F. The quantitative estimate of drug-likeness (QED) is 0.0912. The molecule has 632 valence electrons. The molecule has 0 N–H and O–H groups in total. The Morgan fingerprint density at radius 1 is 0.214 bits per heavy atom. The summed E-state index contributed by atoms with van der Waals surface area (Å²) in [4.78, 5) is 0. The molecule has 0 aliphatic rings. The molecule has 0 bridgehead atoms. The third-order valence-electron chi connectivity index (χ3n) is 10.0. The van der Waals surface area contributed by atoms with E-state index in [0.29, 0.717) is 0 Å². The first-order valence-corrected chi connectivity index (χ1v) is 28.9. The Morgan fingerprint density at radius 2 is 0.268 bits per heavy atom. The van der Waals surface area contributed by atoms with E-state index in [9.17, 15) is 138 Å². The Bertz CT molecular complexity index is 3500. The minimum atomic E-state index is -6.00. The standard InChI is InChI=1S/2C18H28N12.4C2H3N.8BF4/c2*1-23-9-13(27(5)19-23)17(14-10-24(2)20-28(14)6)18(15-11-25(3)21-29(15)7)16-12-26(4)22-30(16)8;4*1-2-3;8*2-1(3,4)5/h2*9-12H,1-8H3;4*1H3;;;;;;;;/q2*+4;;;;;8*-1. The van der Waals surface area contributed by atoms with E-state index in [1.807, 2.05) is 200 Å².